The van der Waals surface area contributed by atoms with Gasteiger partial charge in [-0.3, -0.25) is 14.0 Å². The van der Waals surface area contributed by atoms with Gasteiger partial charge < -0.3 is 5.32 Å². The first kappa shape index (κ1) is 13.3. The maximum atomic E-state index is 12.3. The van der Waals surface area contributed by atoms with Crippen molar-refractivity contribution in [1.29, 1.82) is 0 Å². The van der Waals surface area contributed by atoms with Gasteiger partial charge in [-0.05, 0) is 24.3 Å². The summed E-state index contributed by atoms with van der Waals surface area (Å²) in [5, 5.41) is 2.93. The molecule has 0 unspecified atom stereocenters. The molecule has 0 fully saturated rings. The van der Waals surface area contributed by atoms with Gasteiger partial charge >= 0.3 is 0 Å². The molecule has 0 aliphatic heterocycles. The van der Waals surface area contributed by atoms with Gasteiger partial charge in [0.25, 0.3) is 11.5 Å². The van der Waals surface area contributed by atoms with E-state index in [1.807, 2.05) is 0 Å². The molecule has 1 N–H and O–H groups in total. The maximum Gasteiger partial charge on any atom is 0.270 e. The molecule has 0 saturated carbocycles. The second-order valence-electron chi connectivity index (χ2n) is 4.22. The van der Waals surface area contributed by atoms with Gasteiger partial charge in [-0.1, -0.05) is 17.7 Å². The SMILES string of the molecule is O=C(Nc1ccccn1)c1cnc2ccc(Cl)cn2c1=O. The van der Waals surface area contributed by atoms with E-state index in [0.29, 0.717) is 16.5 Å². The van der Waals surface area contributed by atoms with Crippen molar-refractivity contribution in [3.05, 3.63) is 69.9 Å². The molecule has 3 aromatic rings. The summed E-state index contributed by atoms with van der Waals surface area (Å²) in [7, 11) is 0. The first-order valence-corrected chi connectivity index (χ1v) is 6.42. The Bertz CT molecular complexity index is 877. The van der Waals surface area contributed by atoms with Crippen LogP contribution in [-0.2, 0) is 0 Å². The summed E-state index contributed by atoms with van der Waals surface area (Å²) in [5.41, 5.74) is -0.157. The molecule has 3 heterocycles. The van der Waals surface area contributed by atoms with E-state index < -0.39 is 11.5 Å². The second kappa shape index (κ2) is 5.34. The Labute approximate surface area is 124 Å². The number of anilines is 1. The standard InChI is InChI=1S/C14H9ClN4O2/c15-9-4-5-12-17-7-10(14(21)19(12)8-9)13(20)18-11-3-1-2-6-16-11/h1-8H,(H,16,18,20). The Morgan fingerprint density at radius 2 is 2.05 bits per heavy atom. The number of carbonyl (C=O) groups is 1. The molecule has 0 bridgehead atoms. The summed E-state index contributed by atoms with van der Waals surface area (Å²) in [6, 6.07) is 8.31. The summed E-state index contributed by atoms with van der Waals surface area (Å²) >= 11 is 5.85. The lowest BCUT2D eigenvalue weighted by atomic mass is 10.3. The highest BCUT2D eigenvalue weighted by Gasteiger charge is 2.14. The zero-order valence-corrected chi connectivity index (χ0v) is 11.4. The van der Waals surface area contributed by atoms with E-state index in [9.17, 15) is 9.59 Å². The minimum atomic E-state index is -0.569. The molecule has 7 heteroatoms. The number of nitrogens with zero attached hydrogens (tertiary/aromatic N) is 3. The smallest absolute Gasteiger partial charge is 0.270 e. The number of fused-ring (bicyclic) bond motifs is 1. The quantitative estimate of drug-likeness (QED) is 0.785. The number of amides is 1. The van der Waals surface area contributed by atoms with Crippen molar-refractivity contribution in [3.63, 3.8) is 0 Å². The molecular formula is C14H9ClN4O2. The van der Waals surface area contributed by atoms with E-state index in [4.69, 9.17) is 11.6 Å². The van der Waals surface area contributed by atoms with Crippen LogP contribution in [0.4, 0.5) is 5.82 Å². The van der Waals surface area contributed by atoms with Crippen molar-refractivity contribution in [3.8, 4) is 0 Å². The molecule has 1 amide bonds. The van der Waals surface area contributed by atoms with Crippen LogP contribution < -0.4 is 10.9 Å². The van der Waals surface area contributed by atoms with Gasteiger partial charge in [-0.25, -0.2) is 9.97 Å². The number of halogens is 1. The van der Waals surface area contributed by atoms with E-state index in [1.165, 1.54) is 16.8 Å². The Kier molecular flexibility index (Phi) is 3.37. The van der Waals surface area contributed by atoms with Gasteiger partial charge in [0, 0.05) is 18.6 Å². The van der Waals surface area contributed by atoms with Crippen LogP contribution in [0.5, 0.6) is 0 Å². The molecule has 0 atom stereocenters. The van der Waals surface area contributed by atoms with Gasteiger partial charge in [0.15, 0.2) is 0 Å². The Morgan fingerprint density at radius 3 is 2.81 bits per heavy atom. The molecule has 0 spiro atoms. The third-order valence-electron chi connectivity index (χ3n) is 2.82. The normalized spacial score (nSPS) is 10.5. The summed E-state index contributed by atoms with van der Waals surface area (Å²) in [6.07, 6.45) is 4.20. The number of hydrogen-bond acceptors (Lipinski definition) is 4. The lowest BCUT2D eigenvalue weighted by molar-refractivity contribution is 0.102. The Hall–Kier alpha value is -2.73. The fourth-order valence-electron chi connectivity index (χ4n) is 1.83. The highest BCUT2D eigenvalue weighted by molar-refractivity contribution is 6.30. The Balaban J connectivity index is 2.02. The first-order chi connectivity index (χ1) is 10.1. The molecule has 104 valence electrons. The van der Waals surface area contributed by atoms with Crippen LogP contribution in [0.1, 0.15) is 10.4 Å². The number of aromatic nitrogens is 3. The summed E-state index contributed by atoms with van der Waals surface area (Å²) in [5.74, 6) is -0.210. The molecular weight excluding hydrogens is 292 g/mol. The van der Waals surface area contributed by atoms with Crippen LogP contribution in [0.2, 0.25) is 5.02 Å². The monoisotopic (exact) mass is 300 g/mol. The van der Waals surface area contributed by atoms with Crippen LogP contribution in [0.3, 0.4) is 0 Å². The van der Waals surface area contributed by atoms with Crippen molar-refractivity contribution in [1.82, 2.24) is 14.4 Å². The van der Waals surface area contributed by atoms with Crippen molar-refractivity contribution in [2.45, 2.75) is 0 Å². The molecule has 0 saturated heterocycles. The largest absolute Gasteiger partial charge is 0.306 e. The zero-order chi connectivity index (χ0) is 14.8. The number of hydrogen-bond donors (Lipinski definition) is 1. The van der Waals surface area contributed by atoms with E-state index in [2.05, 4.69) is 15.3 Å². The third kappa shape index (κ3) is 2.61. The minimum Gasteiger partial charge on any atom is -0.306 e. The van der Waals surface area contributed by atoms with Crippen LogP contribution >= 0.6 is 11.6 Å². The predicted molar refractivity (Wildman–Crippen MR) is 78.7 cm³/mol. The summed E-state index contributed by atoms with van der Waals surface area (Å²) in [6.45, 7) is 0. The average molecular weight is 301 g/mol. The maximum absolute atomic E-state index is 12.3. The third-order valence-corrected chi connectivity index (χ3v) is 3.04. The number of nitrogens with one attached hydrogen (secondary N) is 1. The number of carbonyl (C=O) groups excluding carboxylic acids is 1. The number of pyridine rings is 2. The fourth-order valence-corrected chi connectivity index (χ4v) is 1.99. The molecule has 0 aliphatic rings. The topological polar surface area (TPSA) is 76.4 Å². The van der Waals surface area contributed by atoms with E-state index >= 15 is 0 Å². The lowest BCUT2D eigenvalue weighted by Crippen LogP contribution is -2.26. The molecule has 3 rings (SSSR count). The molecule has 0 aliphatic carbocycles. The van der Waals surface area contributed by atoms with Crippen molar-refractivity contribution >= 4 is 29.0 Å². The van der Waals surface area contributed by atoms with Gasteiger partial charge in [0.2, 0.25) is 0 Å². The van der Waals surface area contributed by atoms with E-state index in [-0.39, 0.29) is 5.56 Å². The summed E-state index contributed by atoms with van der Waals surface area (Å²) < 4.78 is 1.23. The molecule has 3 aromatic heterocycles. The lowest BCUT2D eigenvalue weighted by Gasteiger charge is -2.05. The van der Waals surface area contributed by atoms with Crippen molar-refractivity contribution in [2.75, 3.05) is 5.32 Å². The van der Waals surface area contributed by atoms with Crippen LogP contribution in [0.25, 0.3) is 5.65 Å². The second-order valence-corrected chi connectivity index (χ2v) is 4.66. The van der Waals surface area contributed by atoms with Crippen LogP contribution in [0, 0.1) is 0 Å². The van der Waals surface area contributed by atoms with Crippen LogP contribution in [0.15, 0.2) is 53.7 Å². The van der Waals surface area contributed by atoms with Gasteiger partial charge in [-0.15, -0.1) is 0 Å². The van der Waals surface area contributed by atoms with Crippen LogP contribution in [-0.4, -0.2) is 20.3 Å². The van der Waals surface area contributed by atoms with E-state index in [1.54, 1.807) is 36.5 Å². The van der Waals surface area contributed by atoms with Gasteiger partial charge in [0.05, 0.1) is 5.02 Å². The minimum absolute atomic E-state index is 0.0829. The molecule has 0 radical (unpaired) electrons. The summed E-state index contributed by atoms with van der Waals surface area (Å²) in [4.78, 5) is 32.5. The molecule has 21 heavy (non-hydrogen) atoms. The highest BCUT2D eigenvalue weighted by atomic mass is 35.5. The molecule has 0 aromatic carbocycles. The Morgan fingerprint density at radius 1 is 1.19 bits per heavy atom. The fraction of sp³-hybridized carbons (Fsp3) is 0. The zero-order valence-electron chi connectivity index (χ0n) is 10.7. The van der Waals surface area contributed by atoms with E-state index in [0.717, 1.165) is 0 Å². The molecule has 6 nitrogen and oxygen atoms in total. The van der Waals surface area contributed by atoms with Gasteiger partial charge in [0.1, 0.15) is 17.0 Å². The average Bonchev–Trinajstić information content (AvgIpc) is 2.49. The van der Waals surface area contributed by atoms with Crippen molar-refractivity contribution in [2.24, 2.45) is 0 Å². The first-order valence-electron chi connectivity index (χ1n) is 6.04. The number of rotatable bonds is 2. The van der Waals surface area contributed by atoms with Crippen molar-refractivity contribution < 1.29 is 4.79 Å². The van der Waals surface area contributed by atoms with Gasteiger partial charge in [-0.2, -0.15) is 0 Å². The predicted octanol–water partition coefficient (Wildman–Crippen LogP) is 2.00. The highest BCUT2D eigenvalue weighted by Crippen LogP contribution is 2.09.